The molecule has 0 aliphatic rings. The van der Waals surface area contributed by atoms with Gasteiger partial charge in [0.15, 0.2) is 0 Å². The highest BCUT2D eigenvalue weighted by Crippen LogP contribution is 2.41. The monoisotopic (exact) mass is 346 g/mol. The van der Waals surface area contributed by atoms with Crippen LogP contribution in [-0.2, 0) is 4.79 Å². The van der Waals surface area contributed by atoms with E-state index in [0.717, 1.165) is 19.7 Å². The van der Waals surface area contributed by atoms with Gasteiger partial charge < -0.3 is 5.11 Å². The van der Waals surface area contributed by atoms with E-state index in [-0.39, 0.29) is 5.75 Å². The number of nitrogens with zero attached hydrogens (tertiary/aromatic N) is 2. The van der Waals surface area contributed by atoms with Crippen molar-refractivity contribution in [2.24, 2.45) is 0 Å². The highest BCUT2D eigenvalue weighted by molar-refractivity contribution is 9.10. The quantitative estimate of drug-likeness (QED) is 0.674. The molecular weight excluding hydrogens is 336 g/mol. The number of halogens is 1. The van der Waals surface area contributed by atoms with E-state index in [2.05, 4.69) is 39.7 Å². The lowest BCUT2D eigenvalue weighted by Gasteiger charge is -2.02. The number of carboxylic acid groups (broad SMARTS) is 1. The van der Waals surface area contributed by atoms with Gasteiger partial charge in [0.2, 0.25) is 0 Å². The molecular formula is C11H11BrN2O2S2. The number of fused-ring (bicyclic) bond motifs is 1. The molecule has 0 spiro atoms. The minimum Gasteiger partial charge on any atom is -0.481 e. The Morgan fingerprint density at radius 1 is 1.56 bits per heavy atom. The Bertz CT molecular complexity index is 598. The van der Waals surface area contributed by atoms with Crippen molar-refractivity contribution < 1.29 is 9.90 Å². The Labute approximate surface area is 121 Å². The van der Waals surface area contributed by atoms with Gasteiger partial charge in [0.25, 0.3) is 0 Å². The van der Waals surface area contributed by atoms with Gasteiger partial charge in [0, 0.05) is 9.35 Å². The van der Waals surface area contributed by atoms with Crippen LogP contribution in [0.15, 0.2) is 15.8 Å². The summed E-state index contributed by atoms with van der Waals surface area (Å²) in [5.41, 5.74) is 0. The SMILES string of the molecule is CC(C)c1sc2ncnc(SCC(=O)O)c2c1Br. The highest BCUT2D eigenvalue weighted by atomic mass is 79.9. The van der Waals surface area contributed by atoms with Gasteiger partial charge in [-0.15, -0.1) is 11.3 Å². The van der Waals surface area contributed by atoms with E-state index in [4.69, 9.17) is 5.11 Å². The van der Waals surface area contributed by atoms with E-state index in [9.17, 15) is 4.79 Å². The Hall–Kier alpha value is -0.660. The van der Waals surface area contributed by atoms with Crippen molar-refractivity contribution in [1.29, 1.82) is 0 Å². The molecule has 0 amide bonds. The van der Waals surface area contributed by atoms with Gasteiger partial charge in [-0.05, 0) is 21.8 Å². The van der Waals surface area contributed by atoms with Crippen molar-refractivity contribution in [3.63, 3.8) is 0 Å². The molecule has 18 heavy (non-hydrogen) atoms. The lowest BCUT2D eigenvalue weighted by Crippen LogP contribution is -1.98. The van der Waals surface area contributed by atoms with Crippen LogP contribution in [0.5, 0.6) is 0 Å². The maximum absolute atomic E-state index is 10.6. The number of aliphatic carboxylic acids is 1. The smallest absolute Gasteiger partial charge is 0.313 e. The average molecular weight is 347 g/mol. The van der Waals surface area contributed by atoms with Gasteiger partial charge in [0.05, 0.1) is 11.1 Å². The Morgan fingerprint density at radius 3 is 2.89 bits per heavy atom. The van der Waals surface area contributed by atoms with Crippen molar-refractivity contribution in [3.05, 3.63) is 15.7 Å². The fraction of sp³-hybridized carbons (Fsp3) is 0.364. The molecule has 0 unspecified atom stereocenters. The number of hydrogen-bond donors (Lipinski definition) is 1. The molecule has 4 nitrogen and oxygen atoms in total. The average Bonchev–Trinajstić information content (AvgIpc) is 2.65. The molecule has 0 fully saturated rings. The summed E-state index contributed by atoms with van der Waals surface area (Å²) >= 11 is 6.42. The van der Waals surface area contributed by atoms with Gasteiger partial charge in [-0.3, -0.25) is 4.79 Å². The second-order valence-corrected chi connectivity index (χ2v) is 6.76. The fourth-order valence-electron chi connectivity index (χ4n) is 1.50. The number of carbonyl (C=O) groups is 1. The van der Waals surface area contributed by atoms with Crippen LogP contribution in [0.1, 0.15) is 24.6 Å². The summed E-state index contributed by atoms with van der Waals surface area (Å²) in [6.45, 7) is 4.24. The third kappa shape index (κ3) is 2.67. The van der Waals surface area contributed by atoms with Gasteiger partial charge in [-0.1, -0.05) is 25.6 Å². The Morgan fingerprint density at radius 2 is 2.28 bits per heavy atom. The normalized spacial score (nSPS) is 11.3. The minimum absolute atomic E-state index is 0.00537. The first-order valence-electron chi connectivity index (χ1n) is 5.28. The predicted molar refractivity (Wildman–Crippen MR) is 77.6 cm³/mol. The number of aromatic nitrogens is 2. The summed E-state index contributed by atoms with van der Waals surface area (Å²) in [5.74, 6) is -0.441. The molecule has 2 aromatic heterocycles. The highest BCUT2D eigenvalue weighted by Gasteiger charge is 2.18. The molecule has 7 heteroatoms. The van der Waals surface area contributed by atoms with Crippen LogP contribution >= 0.6 is 39.0 Å². The first-order valence-corrected chi connectivity index (χ1v) is 7.87. The van der Waals surface area contributed by atoms with E-state index >= 15 is 0 Å². The third-order valence-corrected chi connectivity index (χ3v) is 5.74. The Balaban J connectivity index is 2.50. The van der Waals surface area contributed by atoms with Gasteiger partial charge in [-0.25, -0.2) is 9.97 Å². The summed E-state index contributed by atoms with van der Waals surface area (Å²) < 4.78 is 0.992. The van der Waals surface area contributed by atoms with E-state index in [0.29, 0.717) is 5.92 Å². The maximum atomic E-state index is 10.6. The number of thiophene rings is 1. The van der Waals surface area contributed by atoms with Crippen LogP contribution in [0, 0.1) is 0 Å². The van der Waals surface area contributed by atoms with Crippen LogP contribution in [0.3, 0.4) is 0 Å². The standard InChI is InChI=1S/C11H11BrN2O2S2/c1-5(2)9-8(12)7-10(17-3-6(15)16)13-4-14-11(7)18-9/h4-5H,3H2,1-2H3,(H,15,16). The van der Waals surface area contributed by atoms with Crippen molar-refractivity contribution in [2.45, 2.75) is 24.8 Å². The number of thioether (sulfide) groups is 1. The van der Waals surface area contributed by atoms with Crippen LogP contribution < -0.4 is 0 Å². The third-order valence-electron chi connectivity index (χ3n) is 2.28. The molecule has 2 aromatic rings. The molecule has 0 aliphatic heterocycles. The van der Waals surface area contributed by atoms with Crippen molar-refractivity contribution >= 4 is 55.2 Å². The second-order valence-electron chi connectivity index (χ2n) is 3.98. The lowest BCUT2D eigenvalue weighted by molar-refractivity contribution is -0.133. The lowest BCUT2D eigenvalue weighted by atomic mass is 10.2. The maximum Gasteiger partial charge on any atom is 0.313 e. The number of carboxylic acids is 1. The van der Waals surface area contributed by atoms with Gasteiger partial charge in [-0.2, -0.15) is 0 Å². The molecule has 2 rings (SSSR count). The predicted octanol–water partition coefficient (Wildman–Crippen LogP) is 3.75. The zero-order valence-electron chi connectivity index (χ0n) is 9.81. The van der Waals surface area contributed by atoms with E-state index in [1.54, 1.807) is 11.3 Å². The summed E-state index contributed by atoms with van der Waals surface area (Å²) in [4.78, 5) is 21.2. The fourth-order valence-corrected chi connectivity index (χ4v) is 4.67. The van der Waals surface area contributed by atoms with Crippen LogP contribution in [0.4, 0.5) is 0 Å². The topological polar surface area (TPSA) is 63.1 Å². The first-order chi connectivity index (χ1) is 8.50. The molecule has 2 heterocycles. The number of rotatable bonds is 4. The van der Waals surface area contributed by atoms with E-state index in [1.165, 1.54) is 23.0 Å². The summed E-state index contributed by atoms with van der Waals surface area (Å²) in [6, 6.07) is 0. The van der Waals surface area contributed by atoms with Gasteiger partial charge in [0.1, 0.15) is 16.2 Å². The first kappa shape index (κ1) is 13.8. The molecule has 0 radical (unpaired) electrons. The largest absolute Gasteiger partial charge is 0.481 e. The molecule has 0 aromatic carbocycles. The molecule has 0 saturated carbocycles. The number of hydrogen-bond acceptors (Lipinski definition) is 5. The molecule has 1 N–H and O–H groups in total. The molecule has 0 bridgehead atoms. The molecule has 0 aliphatic carbocycles. The van der Waals surface area contributed by atoms with Crippen LogP contribution in [-0.4, -0.2) is 26.8 Å². The van der Waals surface area contributed by atoms with Crippen molar-refractivity contribution in [1.82, 2.24) is 9.97 Å². The van der Waals surface area contributed by atoms with Crippen molar-refractivity contribution in [3.8, 4) is 0 Å². The van der Waals surface area contributed by atoms with E-state index < -0.39 is 5.97 Å². The zero-order chi connectivity index (χ0) is 13.3. The summed E-state index contributed by atoms with van der Waals surface area (Å²) in [5, 5.41) is 10.4. The molecule has 96 valence electrons. The second kappa shape index (κ2) is 5.54. The zero-order valence-corrected chi connectivity index (χ0v) is 13.0. The Kier molecular flexibility index (Phi) is 4.24. The minimum atomic E-state index is -0.845. The van der Waals surface area contributed by atoms with Gasteiger partial charge >= 0.3 is 5.97 Å². The van der Waals surface area contributed by atoms with Crippen LogP contribution in [0.2, 0.25) is 0 Å². The van der Waals surface area contributed by atoms with E-state index in [1.807, 2.05) is 0 Å². The summed E-state index contributed by atoms with van der Waals surface area (Å²) in [7, 11) is 0. The summed E-state index contributed by atoms with van der Waals surface area (Å²) in [6.07, 6.45) is 1.49. The molecule has 0 atom stereocenters. The molecule has 0 saturated heterocycles. The van der Waals surface area contributed by atoms with Crippen molar-refractivity contribution in [2.75, 3.05) is 5.75 Å². The van der Waals surface area contributed by atoms with Crippen LogP contribution in [0.25, 0.3) is 10.2 Å².